The van der Waals surface area contributed by atoms with Crippen LogP contribution >= 0.6 is 0 Å². The van der Waals surface area contributed by atoms with Crippen molar-refractivity contribution in [2.24, 2.45) is 11.7 Å². The highest BCUT2D eigenvalue weighted by molar-refractivity contribution is 5.95. The number of carbonyl (C=O) groups is 1. The van der Waals surface area contributed by atoms with Crippen LogP contribution in [-0.2, 0) is 0 Å². The van der Waals surface area contributed by atoms with E-state index in [1.807, 2.05) is 6.07 Å². The highest BCUT2D eigenvalue weighted by Crippen LogP contribution is 2.29. The molecule has 1 aromatic rings. The summed E-state index contributed by atoms with van der Waals surface area (Å²) >= 11 is 0. The van der Waals surface area contributed by atoms with E-state index >= 15 is 0 Å². The van der Waals surface area contributed by atoms with Crippen LogP contribution in [0.2, 0.25) is 0 Å². The number of nitrogens with two attached hydrogens (primary N) is 1. The molecule has 1 aliphatic rings. The molecule has 1 aromatic carbocycles. The Morgan fingerprint density at radius 2 is 2.12 bits per heavy atom. The van der Waals surface area contributed by atoms with Crippen LogP contribution in [0.4, 0.5) is 0 Å². The number of hydrogen-bond donors (Lipinski definition) is 1. The van der Waals surface area contributed by atoms with Crippen molar-refractivity contribution in [1.82, 2.24) is 0 Å². The second kappa shape index (κ2) is 5.01. The molecule has 3 heteroatoms. The molecule has 0 saturated heterocycles. The van der Waals surface area contributed by atoms with Gasteiger partial charge in [-0.1, -0.05) is 31.4 Å². The SMILES string of the molecule is NC(=O)c1ccccc1OCCC1CCC1. The summed E-state index contributed by atoms with van der Waals surface area (Å²) in [6, 6.07) is 7.13. The van der Waals surface area contributed by atoms with E-state index in [4.69, 9.17) is 10.5 Å². The van der Waals surface area contributed by atoms with Crippen LogP contribution in [0.15, 0.2) is 24.3 Å². The molecule has 1 fully saturated rings. The maximum Gasteiger partial charge on any atom is 0.252 e. The summed E-state index contributed by atoms with van der Waals surface area (Å²) in [6.45, 7) is 0.676. The Labute approximate surface area is 95.6 Å². The summed E-state index contributed by atoms with van der Waals surface area (Å²) in [5.74, 6) is 0.995. The van der Waals surface area contributed by atoms with Crippen molar-refractivity contribution in [2.75, 3.05) is 6.61 Å². The molecule has 0 heterocycles. The number of para-hydroxylation sites is 1. The topological polar surface area (TPSA) is 52.3 Å². The molecule has 0 aliphatic heterocycles. The summed E-state index contributed by atoms with van der Waals surface area (Å²) in [6.07, 6.45) is 5.07. The summed E-state index contributed by atoms with van der Waals surface area (Å²) in [7, 11) is 0. The van der Waals surface area contributed by atoms with Gasteiger partial charge in [0.2, 0.25) is 0 Å². The van der Waals surface area contributed by atoms with Crippen molar-refractivity contribution >= 4 is 5.91 Å². The summed E-state index contributed by atoms with van der Waals surface area (Å²) < 4.78 is 5.60. The standard InChI is InChI=1S/C13H17NO2/c14-13(15)11-6-1-2-7-12(11)16-9-8-10-4-3-5-10/h1-2,6-7,10H,3-5,8-9H2,(H2,14,15). The van der Waals surface area contributed by atoms with E-state index in [1.54, 1.807) is 18.2 Å². The van der Waals surface area contributed by atoms with Crippen LogP contribution in [0.25, 0.3) is 0 Å². The quantitative estimate of drug-likeness (QED) is 0.826. The number of benzene rings is 1. The Morgan fingerprint density at radius 3 is 2.75 bits per heavy atom. The number of carbonyl (C=O) groups excluding carboxylic acids is 1. The van der Waals surface area contributed by atoms with Crippen LogP contribution in [0.3, 0.4) is 0 Å². The highest BCUT2D eigenvalue weighted by atomic mass is 16.5. The molecule has 0 atom stereocenters. The number of rotatable bonds is 5. The molecule has 2 rings (SSSR count). The average molecular weight is 219 g/mol. The summed E-state index contributed by atoms with van der Waals surface area (Å²) in [5.41, 5.74) is 5.73. The first-order valence-electron chi connectivity index (χ1n) is 5.79. The maximum absolute atomic E-state index is 11.1. The highest BCUT2D eigenvalue weighted by Gasteiger charge is 2.17. The van der Waals surface area contributed by atoms with Crippen LogP contribution in [0.5, 0.6) is 5.75 Å². The fourth-order valence-electron chi connectivity index (χ4n) is 1.91. The first kappa shape index (κ1) is 11.0. The lowest BCUT2D eigenvalue weighted by Crippen LogP contribution is -2.16. The molecule has 2 N–H and O–H groups in total. The Bertz CT molecular complexity index is 372. The number of ether oxygens (including phenoxy) is 1. The van der Waals surface area contributed by atoms with Crippen molar-refractivity contribution in [3.05, 3.63) is 29.8 Å². The van der Waals surface area contributed by atoms with Crippen LogP contribution < -0.4 is 10.5 Å². The third-order valence-electron chi connectivity index (χ3n) is 3.16. The Kier molecular flexibility index (Phi) is 3.44. The van der Waals surface area contributed by atoms with E-state index in [0.717, 1.165) is 12.3 Å². The third kappa shape index (κ3) is 2.54. The fourth-order valence-corrected chi connectivity index (χ4v) is 1.91. The van der Waals surface area contributed by atoms with E-state index < -0.39 is 5.91 Å². The van der Waals surface area contributed by atoms with Crippen molar-refractivity contribution < 1.29 is 9.53 Å². The maximum atomic E-state index is 11.1. The van der Waals surface area contributed by atoms with E-state index in [1.165, 1.54) is 19.3 Å². The van der Waals surface area contributed by atoms with Gasteiger partial charge in [-0.05, 0) is 24.5 Å². The minimum absolute atomic E-state index is 0.431. The van der Waals surface area contributed by atoms with E-state index in [2.05, 4.69) is 0 Å². The minimum Gasteiger partial charge on any atom is -0.493 e. The third-order valence-corrected chi connectivity index (χ3v) is 3.16. The second-order valence-electron chi connectivity index (χ2n) is 4.29. The van der Waals surface area contributed by atoms with Crippen LogP contribution in [-0.4, -0.2) is 12.5 Å². The van der Waals surface area contributed by atoms with Gasteiger partial charge in [-0.3, -0.25) is 4.79 Å². The Balaban J connectivity index is 1.89. The lowest BCUT2D eigenvalue weighted by atomic mass is 9.83. The van der Waals surface area contributed by atoms with E-state index in [0.29, 0.717) is 17.9 Å². The monoisotopic (exact) mass is 219 g/mol. The van der Waals surface area contributed by atoms with Gasteiger partial charge in [-0.15, -0.1) is 0 Å². The lowest BCUT2D eigenvalue weighted by molar-refractivity contribution is 0.0995. The van der Waals surface area contributed by atoms with Gasteiger partial charge in [0.1, 0.15) is 5.75 Å². The van der Waals surface area contributed by atoms with Crippen molar-refractivity contribution in [3.63, 3.8) is 0 Å². The lowest BCUT2D eigenvalue weighted by Gasteiger charge is -2.25. The zero-order valence-electron chi connectivity index (χ0n) is 9.32. The van der Waals surface area contributed by atoms with Gasteiger partial charge in [0.25, 0.3) is 5.91 Å². The average Bonchev–Trinajstić information content (AvgIpc) is 2.22. The van der Waals surface area contributed by atoms with Gasteiger partial charge in [0.15, 0.2) is 0 Å². The molecule has 1 saturated carbocycles. The minimum atomic E-state index is -0.431. The largest absolute Gasteiger partial charge is 0.493 e. The normalized spacial score (nSPS) is 15.5. The molecule has 0 radical (unpaired) electrons. The first-order chi connectivity index (χ1) is 7.77. The van der Waals surface area contributed by atoms with Crippen molar-refractivity contribution in [2.45, 2.75) is 25.7 Å². The zero-order valence-corrected chi connectivity index (χ0v) is 9.32. The van der Waals surface area contributed by atoms with Crippen LogP contribution in [0.1, 0.15) is 36.0 Å². The number of amides is 1. The van der Waals surface area contributed by atoms with E-state index in [-0.39, 0.29) is 0 Å². The molecule has 0 bridgehead atoms. The second-order valence-corrected chi connectivity index (χ2v) is 4.29. The summed E-state index contributed by atoms with van der Waals surface area (Å²) in [5, 5.41) is 0. The van der Waals surface area contributed by atoms with Crippen molar-refractivity contribution in [3.8, 4) is 5.75 Å². The molecule has 1 aliphatic carbocycles. The predicted molar refractivity (Wildman–Crippen MR) is 62.4 cm³/mol. The molecule has 0 spiro atoms. The van der Waals surface area contributed by atoms with Gasteiger partial charge in [-0.2, -0.15) is 0 Å². The Morgan fingerprint density at radius 1 is 1.38 bits per heavy atom. The van der Waals surface area contributed by atoms with Gasteiger partial charge in [-0.25, -0.2) is 0 Å². The zero-order chi connectivity index (χ0) is 11.4. The molecular weight excluding hydrogens is 202 g/mol. The molecule has 86 valence electrons. The van der Waals surface area contributed by atoms with Crippen molar-refractivity contribution in [1.29, 1.82) is 0 Å². The summed E-state index contributed by atoms with van der Waals surface area (Å²) in [4.78, 5) is 11.1. The predicted octanol–water partition coefficient (Wildman–Crippen LogP) is 2.35. The molecule has 0 unspecified atom stereocenters. The number of primary amides is 1. The molecule has 0 aromatic heterocycles. The Hall–Kier alpha value is -1.51. The smallest absolute Gasteiger partial charge is 0.252 e. The molecule has 1 amide bonds. The van der Waals surface area contributed by atoms with Gasteiger partial charge in [0.05, 0.1) is 12.2 Å². The van der Waals surface area contributed by atoms with E-state index in [9.17, 15) is 4.79 Å². The number of hydrogen-bond acceptors (Lipinski definition) is 2. The van der Waals surface area contributed by atoms with Crippen LogP contribution in [0, 0.1) is 5.92 Å². The van der Waals surface area contributed by atoms with Gasteiger partial charge in [0, 0.05) is 0 Å². The van der Waals surface area contributed by atoms with Gasteiger partial charge >= 0.3 is 0 Å². The fraction of sp³-hybridized carbons (Fsp3) is 0.462. The molecule has 16 heavy (non-hydrogen) atoms. The molecular formula is C13H17NO2. The molecule has 3 nitrogen and oxygen atoms in total. The first-order valence-corrected chi connectivity index (χ1v) is 5.79. The van der Waals surface area contributed by atoms with Gasteiger partial charge < -0.3 is 10.5 Å².